The molecule has 0 saturated heterocycles. The van der Waals surface area contributed by atoms with Crippen LogP contribution in [0.5, 0.6) is 0 Å². The number of aromatic nitrogens is 2. The predicted octanol–water partition coefficient (Wildman–Crippen LogP) is 3.08. The Morgan fingerprint density at radius 1 is 1.56 bits per heavy atom. The second-order valence-electron chi connectivity index (χ2n) is 4.80. The van der Waals surface area contributed by atoms with Gasteiger partial charge in [-0.2, -0.15) is 5.10 Å². The van der Waals surface area contributed by atoms with E-state index in [-0.39, 0.29) is 11.7 Å². The van der Waals surface area contributed by atoms with Crippen molar-refractivity contribution in [1.29, 1.82) is 0 Å². The molecule has 1 fully saturated rings. The maximum atomic E-state index is 12.3. The average molecular weight is 241 g/mol. The maximum Gasteiger partial charge on any atom is 0.185 e. The van der Waals surface area contributed by atoms with Crippen molar-refractivity contribution in [3.05, 3.63) is 16.9 Å². The van der Waals surface area contributed by atoms with Crippen LogP contribution in [0.4, 0.5) is 0 Å². The fraction of sp³-hybridized carbons (Fsp3) is 0.667. The number of halogens is 1. The number of hydrogen-bond donors (Lipinski definition) is 0. The molecular formula is C12H17ClN2O. The van der Waals surface area contributed by atoms with Crippen LogP contribution in [0.25, 0.3) is 0 Å². The zero-order valence-electron chi connectivity index (χ0n) is 9.74. The first-order valence-corrected chi connectivity index (χ1v) is 6.19. The van der Waals surface area contributed by atoms with Gasteiger partial charge in [0, 0.05) is 13.0 Å². The minimum Gasteiger partial charge on any atom is -0.292 e. The van der Waals surface area contributed by atoms with E-state index in [0.29, 0.717) is 16.6 Å². The fourth-order valence-electron chi connectivity index (χ4n) is 2.55. The highest BCUT2D eigenvalue weighted by atomic mass is 35.5. The molecule has 2 atom stereocenters. The zero-order chi connectivity index (χ0) is 11.7. The topological polar surface area (TPSA) is 34.9 Å². The molecule has 0 N–H and O–H groups in total. The smallest absolute Gasteiger partial charge is 0.185 e. The molecule has 1 aliphatic carbocycles. The summed E-state index contributed by atoms with van der Waals surface area (Å²) in [5, 5.41) is 4.49. The summed E-state index contributed by atoms with van der Waals surface area (Å²) in [6.07, 6.45) is 5.90. The number of rotatable bonds is 2. The van der Waals surface area contributed by atoms with Crippen LogP contribution >= 0.6 is 11.6 Å². The summed E-state index contributed by atoms with van der Waals surface area (Å²) in [6, 6.07) is 0. The molecule has 16 heavy (non-hydrogen) atoms. The van der Waals surface area contributed by atoms with Gasteiger partial charge in [-0.3, -0.25) is 9.48 Å². The van der Waals surface area contributed by atoms with E-state index in [4.69, 9.17) is 11.6 Å². The SMILES string of the molecule is CC1CCCC(C(=O)c2c(Cl)cnn2C)C1. The highest BCUT2D eigenvalue weighted by Crippen LogP contribution is 2.32. The van der Waals surface area contributed by atoms with Gasteiger partial charge in [-0.25, -0.2) is 0 Å². The van der Waals surface area contributed by atoms with Crippen LogP contribution in [0, 0.1) is 11.8 Å². The van der Waals surface area contributed by atoms with E-state index in [2.05, 4.69) is 12.0 Å². The molecule has 88 valence electrons. The van der Waals surface area contributed by atoms with Crippen molar-refractivity contribution in [3.63, 3.8) is 0 Å². The monoisotopic (exact) mass is 240 g/mol. The van der Waals surface area contributed by atoms with Gasteiger partial charge in [0.05, 0.1) is 11.2 Å². The third kappa shape index (κ3) is 2.14. The largest absolute Gasteiger partial charge is 0.292 e. The Balaban J connectivity index is 2.18. The lowest BCUT2D eigenvalue weighted by Crippen LogP contribution is -2.23. The molecule has 1 aromatic heterocycles. The van der Waals surface area contributed by atoms with E-state index in [1.54, 1.807) is 17.9 Å². The molecular weight excluding hydrogens is 224 g/mol. The minimum atomic E-state index is 0.136. The Kier molecular flexibility index (Phi) is 3.33. The van der Waals surface area contributed by atoms with Gasteiger partial charge in [0.1, 0.15) is 5.69 Å². The van der Waals surface area contributed by atoms with E-state index in [9.17, 15) is 4.79 Å². The van der Waals surface area contributed by atoms with Gasteiger partial charge in [-0.05, 0) is 18.8 Å². The predicted molar refractivity (Wildman–Crippen MR) is 63.7 cm³/mol. The molecule has 0 aliphatic heterocycles. The van der Waals surface area contributed by atoms with Gasteiger partial charge >= 0.3 is 0 Å². The average Bonchev–Trinajstić information content (AvgIpc) is 2.58. The maximum absolute atomic E-state index is 12.3. The van der Waals surface area contributed by atoms with E-state index >= 15 is 0 Å². The number of nitrogens with zero attached hydrogens (tertiary/aromatic N) is 2. The first-order chi connectivity index (χ1) is 7.59. The number of carbonyl (C=O) groups is 1. The van der Waals surface area contributed by atoms with Gasteiger partial charge in [0.2, 0.25) is 0 Å². The standard InChI is InChI=1S/C12H17ClN2O/c1-8-4-3-5-9(6-8)12(16)11-10(13)7-14-15(11)2/h7-9H,3-6H2,1-2H3. The normalized spacial score (nSPS) is 25.7. The number of aryl methyl sites for hydroxylation is 1. The van der Waals surface area contributed by atoms with E-state index in [1.165, 1.54) is 6.42 Å². The van der Waals surface area contributed by atoms with Crippen LogP contribution < -0.4 is 0 Å². The molecule has 1 aromatic rings. The van der Waals surface area contributed by atoms with E-state index in [1.807, 2.05) is 0 Å². The zero-order valence-corrected chi connectivity index (χ0v) is 10.5. The van der Waals surface area contributed by atoms with Gasteiger partial charge in [-0.15, -0.1) is 0 Å². The Hall–Kier alpha value is -0.830. The lowest BCUT2D eigenvalue weighted by molar-refractivity contribution is 0.0858. The Bertz CT molecular complexity index is 380. The lowest BCUT2D eigenvalue weighted by atomic mass is 9.79. The van der Waals surface area contributed by atoms with Crippen LogP contribution in [0.15, 0.2) is 6.20 Å². The first kappa shape index (κ1) is 11.6. The van der Waals surface area contributed by atoms with Crippen LogP contribution in [0.2, 0.25) is 5.02 Å². The Labute approximate surface area is 101 Å². The summed E-state index contributed by atoms with van der Waals surface area (Å²) >= 11 is 5.99. The van der Waals surface area contributed by atoms with Crippen molar-refractivity contribution in [2.45, 2.75) is 32.6 Å². The van der Waals surface area contributed by atoms with Gasteiger partial charge in [0.15, 0.2) is 5.78 Å². The Morgan fingerprint density at radius 2 is 2.31 bits per heavy atom. The molecule has 2 unspecified atom stereocenters. The molecule has 0 bridgehead atoms. The van der Waals surface area contributed by atoms with Crippen molar-refractivity contribution >= 4 is 17.4 Å². The molecule has 0 aromatic carbocycles. The van der Waals surface area contributed by atoms with Crippen molar-refractivity contribution in [2.75, 3.05) is 0 Å². The van der Waals surface area contributed by atoms with Crippen LogP contribution in [-0.2, 0) is 7.05 Å². The lowest BCUT2D eigenvalue weighted by Gasteiger charge is -2.25. The minimum absolute atomic E-state index is 0.136. The Morgan fingerprint density at radius 3 is 2.88 bits per heavy atom. The van der Waals surface area contributed by atoms with Crippen LogP contribution in [0.1, 0.15) is 43.1 Å². The van der Waals surface area contributed by atoms with E-state index in [0.717, 1.165) is 19.3 Å². The first-order valence-electron chi connectivity index (χ1n) is 5.81. The highest BCUT2D eigenvalue weighted by Gasteiger charge is 2.28. The molecule has 0 amide bonds. The van der Waals surface area contributed by atoms with Crippen molar-refractivity contribution in [2.24, 2.45) is 18.9 Å². The molecule has 0 radical (unpaired) electrons. The number of hydrogen-bond acceptors (Lipinski definition) is 2. The molecule has 2 rings (SSSR count). The quantitative estimate of drug-likeness (QED) is 0.745. The number of Topliss-reactive ketones (excluding diaryl/α,β-unsaturated/α-hetero) is 1. The second kappa shape index (κ2) is 4.58. The summed E-state index contributed by atoms with van der Waals surface area (Å²) in [7, 11) is 1.77. The fourth-order valence-corrected chi connectivity index (χ4v) is 2.81. The molecule has 0 spiro atoms. The third-order valence-corrected chi connectivity index (χ3v) is 3.71. The summed E-state index contributed by atoms with van der Waals surface area (Å²) in [4.78, 5) is 12.3. The number of ketones is 1. The molecule has 1 aliphatic rings. The second-order valence-corrected chi connectivity index (χ2v) is 5.20. The summed E-state index contributed by atoms with van der Waals surface area (Å²) < 4.78 is 1.59. The molecule has 1 heterocycles. The third-order valence-electron chi connectivity index (χ3n) is 3.43. The van der Waals surface area contributed by atoms with Gasteiger partial charge in [-0.1, -0.05) is 31.4 Å². The molecule has 4 heteroatoms. The highest BCUT2D eigenvalue weighted by molar-refractivity contribution is 6.33. The van der Waals surface area contributed by atoms with Gasteiger partial charge in [0.25, 0.3) is 0 Å². The number of carbonyl (C=O) groups excluding carboxylic acids is 1. The van der Waals surface area contributed by atoms with Gasteiger partial charge < -0.3 is 0 Å². The van der Waals surface area contributed by atoms with Crippen LogP contribution in [0.3, 0.4) is 0 Å². The van der Waals surface area contributed by atoms with Crippen LogP contribution in [-0.4, -0.2) is 15.6 Å². The molecule has 3 nitrogen and oxygen atoms in total. The van der Waals surface area contributed by atoms with Crippen molar-refractivity contribution in [3.8, 4) is 0 Å². The molecule has 1 saturated carbocycles. The van der Waals surface area contributed by atoms with Crippen molar-refractivity contribution < 1.29 is 4.79 Å². The summed E-state index contributed by atoms with van der Waals surface area (Å²) in [5.41, 5.74) is 0.570. The van der Waals surface area contributed by atoms with Crippen molar-refractivity contribution in [1.82, 2.24) is 9.78 Å². The summed E-state index contributed by atoms with van der Waals surface area (Å²) in [6.45, 7) is 2.21. The van der Waals surface area contributed by atoms with E-state index < -0.39 is 0 Å². The summed E-state index contributed by atoms with van der Waals surface area (Å²) in [5.74, 6) is 0.947.